The van der Waals surface area contributed by atoms with Crippen LogP contribution in [0.4, 0.5) is 0 Å². The SMILES string of the molecule is COc1ccc([C@@H]2CC(c3ccc(C)cc3)=CC2C(C)=O)cc1OC. The van der Waals surface area contributed by atoms with E-state index in [9.17, 15) is 4.79 Å². The maximum absolute atomic E-state index is 12.2. The first kappa shape index (κ1) is 17.3. The summed E-state index contributed by atoms with van der Waals surface area (Å²) >= 11 is 0. The number of hydrogen-bond acceptors (Lipinski definition) is 3. The molecule has 0 fully saturated rings. The lowest BCUT2D eigenvalue weighted by Gasteiger charge is -2.19. The van der Waals surface area contributed by atoms with Gasteiger partial charge in [0, 0.05) is 11.8 Å². The van der Waals surface area contributed by atoms with Gasteiger partial charge in [-0.05, 0) is 49.1 Å². The summed E-state index contributed by atoms with van der Waals surface area (Å²) in [6.07, 6.45) is 2.98. The highest BCUT2D eigenvalue weighted by Gasteiger charge is 2.32. The molecule has 0 bridgehead atoms. The largest absolute Gasteiger partial charge is 0.493 e. The van der Waals surface area contributed by atoms with E-state index in [1.54, 1.807) is 21.1 Å². The highest BCUT2D eigenvalue weighted by molar-refractivity contribution is 5.86. The van der Waals surface area contributed by atoms with Crippen molar-refractivity contribution >= 4 is 11.4 Å². The number of ketones is 1. The van der Waals surface area contributed by atoms with Crippen LogP contribution in [0.15, 0.2) is 48.5 Å². The minimum atomic E-state index is -0.102. The Bertz CT molecular complexity index is 803. The van der Waals surface area contributed by atoms with Crippen LogP contribution in [-0.2, 0) is 4.79 Å². The molecule has 1 unspecified atom stereocenters. The summed E-state index contributed by atoms with van der Waals surface area (Å²) in [4.78, 5) is 12.2. The zero-order valence-corrected chi connectivity index (χ0v) is 15.2. The zero-order chi connectivity index (χ0) is 18.0. The third-order valence-electron chi connectivity index (χ3n) is 4.98. The Morgan fingerprint density at radius 3 is 2.28 bits per heavy atom. The third kappa shape index (κ3) is 3.46. The summed E-state index contributed by atoms with van der Waals surface area (Å²) in [6.45, 7) is 3.75. The van der Waals surface area contributed by atoms with Gasteiger partial charge in [-0.1, -0.05) is 42.0 Å². The van der Waals surface area contributed by atoms with Crippen LogP contribution in [0.2, 0.25) is 0 Å². The van der Waals surface area contributed by atoms with Gasteiger partial charge in [-0.3, -0.25) is 4.79 Å². The van der Waals surface area contributed by atoms with Crippen LogP contribution in [0.3, 0.4) is 0 Å². The molecule has 3 nitrogen and oxygen atoms in total. The first-order valence-electron chi connectivity index (χ1n) is 8.53. The van der Waals surface area contributed by atoms with Crippen molar-refractivity contribution in [3.05, 3.63) is 65.2 Å². The fourth-order valence-corrected chi connectivity index (χ4v) is 3.56. The number of carbonyl (C=O) groups excluding carboxylic acids is 1. The average molecular weight is 336 g/mol. The minimum Gasteiger partial charge on any atom is -0.493 e. The van der Waals surface area contributed by atoms with Crippen LogP contribution < -0.4 is 9.47 Å². The number of rotatable bonds is 5. The molecule has 3 heteroatoms. The molecule has 25 heavy (non-hydrogen) atoms. The van der Waals surface area contributed by atoms with Crippen molar-refractivity contribution in [1.29, 1.82) is 0 Å². The van der Waals surface area contributed by atoms with Crippen LogP contribution in [0.1, 0.15) is 36.0 Å². The summed E-state index contributed by atoms with van der Waals surface area (Å²) in [5, 5.41) is 0. The zero-order valence-electron chi connectivity index (χ0n) is 15.2. The first-order valence-corrected chi connectivity index (χ1v) is 8.53. The van der Waals surface area contributed by atoms with Crippen LogP contribution in [0.25, 0.3) is 5.57 Å². The standard InChI is InChI=1S/C22H24O3/c1-14-5-7-16(8-6-14)18-11-19(15(2)23)20(12-18)17-9-10-21(24-3)22(13-17)25-4/h5-11,13,19-20H,12H2,1-4H3/t19?,20-/m0/s1. The fourth-order valence-electron chi connectivity index (χ4n) is 3.56. The Kier molecular flexibility index (Phi) is 4.93. The molecule has 2 aromatic rings. The molecule has 130 valence electrons. The predicted octanol–water partition coefficient (Wildman–Crippen LogP) is 4.79. The summed E-state index contributed by atoms with van der Waals surface area (Å²) in [5.74, 6) is 1.63. The Balaban J connectivity index is 1.94. The molecule has 0 radical (unpaired) electrons. The van der Waals surface area contributed by atoms with Crippen LogP contribution in [0, 0.1) is 12.8 Å². The molecule has 0 aliphatic heterocycles. The quantitative estimate of drug-likeness (QED) is 0.787. The number of ether oxygens (including phenoxy) is 2. The van der Waals surface area contributed by atoms with E-state index in [-0.39, 0.29) is 17.6 Å². The van der Waals surface area contributed by atoms with Gasteiger partial charge in [0.25, 0.3) is 0 Å². The van der Waals surface area contributed by atoms with Crippen molar-refractivity contribution in [3.8, 4) is 11.5 Å². The normalized spacial score (nSPS) is 19.4. The van der Waals surface area contributed by atoms with Gasteiger partial charge in [0.15, 0.2) is 11.5 Å². The second-order valence-electron chi connectivity index (χ2n) is 6.62. The third-order valence-corrected chi connectivity index (χ3v) is 4.98. The number of Topliss-reactive ketones (excluding diaryl/α,β-unsaturated/α-hetero) is 1. The lowest BCUT2D eigenvalue weighted by molar-refractivity contribution is -0.119. The molecule has 0 spiro atoms. The molecule has 0 aromatic heterocycles. The summed E-state index contributed by atoms with van der Waals surface area (Å²) < 4.78 is 10.8. The average Bonchev–Trinajstić information content (AvgIpc) is 3.07. The summed E-state index contributed by atoms with van der Waals surface area (Å²) in [6, 6.07) is 14.4. The maximum Gasteiger partial charge on any atom is 0.160 e. The molecule has 3 rings (SSSR count). The maximum atomic E-state index is 12.2. The topological polar surface area (TPSA) is 35.5 Å². The summed E-state index contributed by atoms with van der Waals surface area (Å²) in [7, 11) is 3.26. The number of benzene rings is 2. The second kappa shape index (κ2) is 7.14. The van der Waals surface area contributed by atoms with E-state index in [1.165, 1.54) is 16.7 Å². The fraction of sp³-hybridized carbons (Fsp3) is 0.318. The van der Waals surface area contributed by atoms with E-state index < -0.39 is 0 Å². The molecule has 1 aliphatic carbocycles. The lowest BCUT2D eigenvalue weighted by atomic mass is 9.85. The molecule has 1 aliphatic rings. The number of methoxy groups -OCH3 is 2. The Labute approximate surface area is 149 Å². The van der Waals surface area contributed by atoms with Gasteiger partial charge < -0.3 is 9.47 Å². The number of aryl methyl sites for hydroxylation is 1. The molecular formula is C22H24O3. The van der Waals surface area contributed by atoms with Crippen molar-refractivity contribution in [2.75, 3.05) is 14.2 Å². The van der Waals surface area contributed by atoms with E-state index >= 15 is 0 Å². The van der Waals surface area contributed by atoms with Crippen molar-refractivity contribution in [2.24, 2.45) is 5.92 Å². The van der Waals surface area contributed by atoms with E-state index in [4.69, 9.17) is 9.47 Å². The smallest absolute Gasteiger partial charge is 0.160 e. The Hall–Kier alpha value is -2.55. The van der Waals surface area contributed by atoms with Crippen molar-refractivity contribution in [3.63, 3.8) is 0 Å². The van der Waals surface area contributed by atoms with Crippen molar-refractivity contribution in [1.82, 2.24) is 0 Å². The lowest BCUT2D eigenvalue weighted by Crippen LogP contribution is -2.14. The van der Waals surface area contributed by atoms with E-state index in [2.05, 4.69) is 37.3 Å². The van der Waals surface area contributed by atoms with Crippen LogP contribution in [-0.4, -0.2) is 20.0 Å². The molecule has 0 heterocycles. The monoisotopic (exact) mass is 336 g/mol. The molecular weight excluding hydrogens is 312 g/mol. The molecule has 0 N–H and O–H groups in total. The van der Waals surface area contributed by atoms with E-state index in [0.717, 1.165) is 12.0 Å². The van der Waals surface area contributed by atoms with Crippen LogP contribution in [0.5, 0.6) is 11.5 Å². The van der Waals surface area contributed by atoms with Crippen LogP contribution >= 0.6 is 0 Å². The molecule has 0 saturated carbocycles. The number of carbonyl (C=O) groups is 1. The molecule has 0 amide bonds. The predicted molar refractivity (Wildman–Crippen MR) is 100 cm³/mol. The molecule has 2 atom stereocenters. The second-order valence-corrected chi connectivity index (χ2v) is 6.62. The molecule has 0 saturated heterocycles. The number of allylic oxidation sites excluding steroid dienone is 2. The van der Waals surface area contributed by atoms with Gasteiger partial charge in [0.2, 0.25) is 0 Å². The minimum absolute atomic E-state index is 0.102. The van der Waals surface area contributed by atoms with Gasteiger partial charge in [-0.2, -0.15) is 0 Å². The van der Waals surface area contributed by atoms with Crippen molar-refractivity contribution < 1.29 is 14.3 Å². The Morgan fingerprint density at radius 1 is 1.00 bits per heavy atom. The van der Waals surface area contributed by atoms with Gasteiger partial charge in [-0.25, -0.2) is 0 Å². The molecule has 2 aromatic carbocycles. The van der Waals surface area contributed by atoms with Gasteiger partial charge in [0.1, 0.15) is 5.78 Å². The van der Waals surface area contributed by atoms with E-state index in [1.807, 2.05) is 18.2 Å². The highest BCUT2D eigenvalue weighted by atomic mass is 16.5. The summed E-state index contributed by atoms with van der Waals surface area (Å²) in [5.41, 5.74) is 4.78. The van der Waals surface area contributed by atoms with Gasteiger partial charge >= 0.3 is 0 Å². The first-order chi connectivity index (χ1) is 12.0. The van der Waals surface area contributed by atoms with Gasteiger partial charge in [-0.15, -0.1) is 0 Å². The highest BCUT2D eigenvalue weighted by Crippen LogP contribution is 2.44. The Morgan fingerprint density at radius 2 is 1.68 bits per heavy atom. The van der Waals surface area contributed by atoms with Gasteiger partial charge in [0.05, 0.1) is 14.2 Å². The van der Waals surface area contributed by atoms with E-state index in [0.29, 0.717) is 11.5 Å². The number of hydrogen-bond donors (Lipinski definition) is 0. The van der Waals surface area contributed by atoms with Crippen molar-refractivity contribution in [2.45, 2.75) is 26.2 Å².